The summed E-state index contributed by atoms with van der Waals surface area (Å²) in [4.78, 5) is 0. The Hall–Kier alpha value is -2.12. The molecule has 22 heavy (non-hydrogen) atoms. The van der Waals surface area contributed by atoms with Gasteiger partial charge in [0.05, 0.1) is 0 Å². The molecule has 0 unspecified atom stereocenters. The van der Waals surface area contributed by atoms with Crippen LogP contribution in [0, 0.1) is 0 Å². The summed E-state index contributed by atoms with van der Waals surface area (Å²) in [7, 11) is 0. The van der Waals surface area contributed by atoms with Crippen molar-refractivity contribution < 1.29 is 0 Å². The number of fused-ring (bicyclic) bond motifs is 3. The molecule has 0 atom stereocenters. The summed E-state index contributed by atoms with van der Waals surface area (Å²) < 4.78 is 2.77. The highest BCUT2D eigenvalue weighted by Gasteiger charge is 2.12. The molecule has 3 aromatic carbocycles. The summed E-state index contributed by atoms with van der Waals surface area (Å²) in [5.41, 5.74) is 4.04. The lowest BCUT2D eigenvalue weighted by Crippen LogP contribution is -1.87. The van der Waals surface area contributed by atoms with Crippen molar-refractivity contribution in [2.75, 3.05) is 0 Å². The van der Waals surface area contributed by atoms with Crippen LogP contribution in [0.2, 0.25) is 0 Å². The lowest BCUT2D eigenvalue weighted by atomic mass is 9.96. The zero-order chi connectivity index (χ0) is 15.1. The lowest BCUT2D eigenvalue weighted by molar-refractivity contribution is 0.877. The average molecular weight is 302 g/mol. The molecule has 0 aliphatic rings. The molecule has 0 amide bonds. The second kappa shape index (κ2) is 5.26. The van der Waals surface area contributed by atoms with Crippen molar-refractivity contribution in [2.24, 2.45) is 0 Å². The number of rotatable bonds is 2. The van der Waals surface area contributed by atoms with Crippen molar-refractivity contribution in [3.05, 3.63) is 72.3 Å². The fraction of sp³-hybridized carbons (Fsp3) is 0.143. The number of thiophene rings is 1. The van der Waals surface area contributed by atoms with E-state index in [1.54, 1.807) is 0 Å². The van der Waals surface area contributed by atoms with Crippen molar-refractivity contribution in [1.29, 1.82) is 0 Å². The molecule has 4 aromatic rings. The number of hydrogen-bond acceptors (Lipinski definition) is 1. The highest BCUT2D eigenvalue weighted by Crippen LogP contribution is 2.39. The maximum absolute atomic E-state index is 2.33. The molecule has 108 valence electrons. The molecular formula is C21H18S. The first-order valence-electron chi connectivity index (χ1n) is 7.74. The third-order valence-corrected chi connectivity index (χ3v) is 5.38. The van der Waals surface area contributed by atoms with Crippen molar-refractivity contribution in [3.8, 4) is 11.1 Å². The molecule has 0 N–H and O–H groups in total. The number of hydrogen-bond donors (Lipinski definition) is 0. The van der Waals surface area contributed by atoms with Crippen molar-refractivity contribution >= 4 is 31.5 Å². The van der Waals surface area contributed by atoms with Gasteiger partial charge in [0.15, 0.2) is 0 Å². The Kier molecular flexibility index (Phi) is 3.24. The maximum Gasteiger partial charge on any atom is 0.0361 e. The van der Waals surface area contributed by atoms with Crippen LogP contribution in [0.5, 0.6) is 0 Å². The zero-order valence-electron chi connectivity index (χ0n) is 12.8. The van der Waals surface area contributed by atoms with Crippen LogP contribution in [-0.4, -0.2) is 0 Å². The molecule has 0 spiro atoms. The minimum atomic E-state index is 0.551. The van der Waals surface area contributed by atoms with Crippen LogP contribution in [-0.2, 0) is 0 Å². The molecule has 4 rings (SSSR count). The molecule has 1 aromatic heterocycles. The fourth-order valence-electron chi connectivity index (χ4n) is 3.14. The van der Waals surface area contributed by atoms with E-state index in [1.165, 1.54) is 36.9 Å². The summed E-state index contributed by atoms with van der Waals surface area (Å²) in [5.74, 6) is 0.551. The molecule has 0 bridgehead atoms. The van der Waals surface area contributed by atoms with Crippen molar-refractivity contribution in [3.63, 3.8) is 0 Å². The molecule has 0 fully saturated rings. The van der Waals surface area contributed by atoms with Gasteiger partial charge in [-0.1, -0.05) is 68.4 Å². The molecule has 0 aliphatic heterocycles. The van der Waals surface area contributed by atoms with Crippen LogP contribution in [0.1, 0.15) is 25.3 Å². The van der Waals surface area contributed by atoms with E-state index in [2.05, 4.69) is 80.6 Å². The Morgan fingerprint density at radius 3 is 2.32 bits per heavy atom. The normalized spacial score (nSPS) is 11.6. The Balaban J connectivity index is 1.99. The first kappa shape index (κ1) is 13.5. The predicted molar refractivity (Wildman–Crippen MR) is 98.9 cm³/mol. The SMILES string of the molecule is CC(C)c1cccc2sc3cc(-c4ccccc4)ccc3c12. The summed E-state index contributed by atoms with van der Waals surface area (Å²) in [6.07, 6.45) is 0. The monoisotopic (exact) mass is 302 g/mol. The second-order valence-electron chi connectivity index (χ2n) is 6.05. The molecule has 0 nitrogen and oxygen atoms in total. The van der Waals surface area contributed by atoms with Crippen LogP contribution >= 0.6 is 11.3 Å². The Labute approximate surface area is 135 Å². The van der Waals surface area contributed by atoms with Crippen molar-refractivity contribution in [1.82, 2.24) is 0 Å². The fourth-order valence-corrected chi connectivity index (χ4v) is 4.32. The standard InChI is InChI=1S/C21H18S/c1-14(2)17-9-6-10-19-21(17)18-12-11-16(13-20(18)22-19)15-7-4-3-5-8-15/h3-14H,1-2H3. The van der Waals surface area contributed by atoms with E-state index in [0.29, 0.717) is 5.92 Å². The van der Waals surface area contributed by atoms with Gasteiger partial charge < -0.3 is 0 Å². The van der Waals surface area contributed by atoms with E-state index in [-0.39, 0.29) is 0 Å². The van der Waals surface area contributed by atoms with E-state index in [0.717, 1.165) is 0 Å². The largest absolute Gasteiger partial charge is 0.135 e. The molecular weight excluding hydrogens is 284 g/mol. The first-order chi connectivity index (χ1) is 10.7. The van der Waals surface area contributed by atoms with Crippen LogP contribution in [0.3, 0.4) is 0 Å². The van der Waals surface area contributed by atoms with Gasteiger partial charge in [-0.3, -0.25) is 0 Å². The van der Waals surface area contributed by atoms with Crippen LogP contribution in [0.25, 0.3) is 31.3 Å². The minimum Gasteiger partial charge on any atom is -0.135 e. The van der Waals surface area contributed by atoms with Gasteiger partial charge in [-0.05, 0) is 34.7 Å². The topological polar surface area (TPSA) is 0 Å². The van der Waals surface area contributed by atoms with Gasteiger partial charge >= 0.3 is 0 Å². The lowest BCUT2D eigenvalue weighted by Gasteiger charge is -2.07. The van der Waals surface area contributed by atoms with E-state index in [4.69, 9.17) is 0 Å². The van der Waals surface area contributed by atoms with Gasteiger partial charge in [0.1, 0.15) is 0 Å². The smallest absolute Gasteiger partial charge is 0.0361 e. The van der Waals surface area contributed by atoms with E-state index in [1.807, 2.05) is 11.3 Å². The van der Waals surface area contributed by atoms with Gasteiger partial charge in [0.25, 0.3) is 0 Å². The van der Waals surface area contributed by atoms with Gasteiger partial charge in [-0.15, -0.1) is 11.3 Å². The van der Waals surface area contributed by atoms with Gasteiger partial charge in [0, 0.05) is 20.2 Å². The molecule has 0 saturated heterocycles. The van der Waals surface area contributed by atoms with Crippen molar-refractivity contribution in [2.45, 2.75) is 19.8 Å². The summed E-state index contributed by atoms with van der Waals surface area (Å²) >= 11 is 1.90. The van der Waals surface area contributed by atoms with E-state index >= 15 is 0 Å². The van der Waals surface area contributed by atoms with Gasteiger partial charge in [-0.25, -0.2) is 0 Å². The minimum absolute atomic E-state index is 0.551. The van der Waals surface area contributed by atoms with E-state index in [9.17, 15) is 0 Å². The molecule has 0 aliphatic carbocycles. The Bertz CT molecular complexity index is 946. The first-order valence-corrected chi connectivity index (χ1v) is 8.56. The third-order valence-electron chi connectivity index (χ3n) is 4.26. The summed E-state index contributed by atoms with van der Waals surface area (Å²) in [6.45, 7) is 4.55. The zero-order valence-corrected chi connectivity index (χ0v) is 13.7. The summed E-state index contributed by atoms with van der Waals surface area (Å²) in [5, 5.41) is 2.83. The van der Waals surface area contributed by atoms with Crippen LogP contribution in [0.15, 0.2) is 66.7 Å². The maximum atomic E-state index is 2.33. The molecule has 1 heterocycles. The van der Waals surface area contributed by atoms with Crippen LogP contribution < -0.4 is 0 Å². The Morgan fingerprint density at radius 1 is 0.727 bits per heavy atom. The second-order valence-corrected chi connectivity index (χ2v) is 7.14. The molecule has 0 saturated carbocycles. The summed E-state index contributed by atoms with van der Waals surface area (Å²) in [6, 6.07) is 24.2. The Morgan fingerprint density at radius 2 is 1.55 bits per heavy atom. The molecule has 0 radical (unpaired) electrons. The highest BCUT2D eigenvalue weighted by molar-refractivity contribution is 7.25. The van der Waals surface area contributed by atoms with Gasteiger partial charge in [-0.2, -0.15) is 0 Å². The third kappa shape index (κ3) is 2.13. The van der Waals surface area contributed by atoms with Gasteiger partial charge in [0.2, 0.25) is 0 Å². The van der Waals surface area contributed by atoms with E-state index < -0.39 is 0 Å². The quantitative estimate of drug-likeness (QED) is 0.380. The molecule has 1 heteroatoms. The number of benzene rings is 3. The average Bonchev–Trinajstić information content (AvgIpc) is 2.93. The van der Waals surface area contributed by atoms with Crippen LogP contribution in [0.4, 0.5) is 0 Å². The highest BCUT2D eigenvalue weighted by atomic mass is 32.1. The predicted octanol–water partition coefficient (Wildman–Crippen LogP) is 6.84.